The Kier molecular flexibility index (Phi) is 3.87. The summed E-state index contributed by atoms with van der Waals surface area (Å²) in [5.74, 6) is 1.43. The van der Waals surface area contributed by atoms with Gasteiger partial charge in [0.05, 0.1) is 11.2 Å². The Bertz CT molecular complexity index is 348. The molecule has 1 heterocycles. The van der Waals surface area contributed by atoms with Crippen molar-refractivity contribution in [2.45, 2.75) is 77.8 Å². The van der Waals surface area contributed by atoms with Crippen LogP contribution >= 0.6 is 0 Å². The predicted molar refractivity (Wildman–Crippen MR) is 77.0 cm³/mol. The van der Waals surface area contributed by atoms with Gasteiger partial charge in [-0.1, -0.05) is 13.3 Å². The quantitative estimate of drug-likeness (QED) is 0.718. The third-order valence-electron chi connectivity index (χ3n) is 5.39. The molecule has 0 radical (unpaired) electrons. The monoisotopic (exact) mass is 266 g/mol. The molecular formula is C15H27BO3. The standard InChI is InChI=1S/C15H27BO3/c1-10-9-12(7-8-13(10)11(2)17)16-18-14(3,4)15(5,6)19-16/h10,12-13H,7-9H2,1-6H3. The van der Waals surface area contributed by atoms with E-state index in [1.165, 1.54) is 0 Å². The van der Waals surface area contributed by atoms with Gasteiger partial charge in [0.1, 0.15) is 5.78 Å². The van der Waals surface area contributed by atoms with Gasteiger partial charge in [0.25, 0.3) is 0 Å². The van der Waals surface area contributed by atoms with Crippen LogP contribution < -0.4 is 0 Å². The van der Waals surface area contributed by atoms with Crippen LogP contribution in [-0.2, 0) is 14.1 Å². The Morgan fingerprint density at radius 1 is 1.11 bits per heavy atom. The summed E-state index contributed by atoms with van der Waals surface area (Å²) in [5.41, 5.74) is -0.503. The second-order valence-corrected chi connectivity index (χ2v) is 7.39. The number of Topliss-reactive ketones (excluding diaryl/α,β-unsaturated/α-hetero) is 1. The van der Waals surface area contributed by atoms with Crippen molar-refractivity contribution in [2.75, 3.05) is 0 Å². The first-order valence-corrected chi connectivity index (χ1v) is 7.50. The molecule has 3 unspecified atom stereocenters. The van der Waals surface area contributed by atoms with E-state index in [4.69, 9.17) is 9.31 Å². The molecular weight excluding hydrogens is 239 g/mol. The van der Waals surface area contributed by atoms with Gasteiger partial charge in [-0.2, -0.15) is 0 Å². The molecule has 2 rings (SSSR count). The molecule has 1 aliphatic carbocycles. The van der Waals surface area contributed by atoms with Crippen molar-refractivity contribution in [2.24, 2.45) is 11.8 Å². The fourth-order valence-corrected chi connectivity index (χ4v) is 3.37. The number of ketones is 1. The number of carbonyl (C=O) groups is 1. The number of rotatable bonds is 2. The van der Waals surface area contributed by atoms with Crippen LogP contribution in [0.15, 0.2) is 0 Å². The molecule has 0 spiro atoms. The molecule has 2 aliphatic rings. The second kappa shape index (κ2) is 4.89. The molecule has 0 aromatic carbocycles. The SMILES string of the molecule is CC(=O)C1CCC(B2OC(C)(C)C(C)(C)O2)CC1C. The first kappa shape index (κ1) is 15.1. The van der Waals surface area contributed by atoms with Crippen LogP contribution in [0.5, 0.6) is 0 Å². The Labute approximate surface area is 117 Å². The smallest absolute Gasteiger partial charge is 0.403 e. The predicted octanol–water partition coefficient (Wildman–Crippen LogP) is 3.47. The van der Waals surface area contributed by atoms with Crippen LogP contribution in [0.2, 0.25) is 5.82 Å². The summed E-state index contributed by atoms with van der Waals surface area (Å²) in [7, 11) is -0.111. The highest BCUT2D eigenvalue weighted by Crippen LogP contribution is 2.46. The molecule has 0 N–H and O–H groups in total. The highest BCUT2D eigenvalue weighted by Gasteiger charge is 2.54. The Morgan fingerprint density at radius 3 is 2.05 bits per heavy atom. The maximum atomic E-state index is 11.6. The van der Waals surface area contributed by atoms with E-state index in [-0.39, 0.29) is 24.2 Å². The lowest BCUT2D eigenvalue weighted by Gasteiger charge is -2.33. The zero-order chi connectivity index (χ0) is 14.4. The summed E-state index contributed by atoms with van der Waals surface area (Å²) in [5, 5.41) is 0. The highest BCUT2D eigenvalue weighted by atomic mass is 16.7. The number of hydrogen-bond donors (Lipinski definition) is 0. The van der Waals surface area contributed by atoms with E-state index in [0.717, 1.165) is 19.3 Å². The minimum Gasteiger partial charge on any atom is -0.403 e. The van der Waals surface area contributed by atoms with E-state index in [1.54, 1.807) is 6.92 Å². The van der Waals surface area contributed by atoms with Gasteiger partial charge in [-0.15, -0.1) is 0 Å². The van der Waals surface area contributed by atoms with Crippen molar-refractivity contribution in [1.29, 1.82) is 0 Å². The van der Waals surface area contributed by atoms with Gasteiger partial charge in [-0.3, -0.25) is 4.79 Å². The van der Waals surface area contributed by atoms with E-state index in [2.05, 4.69) is 34.6 Å². The maximum absolute atomic E-state index is 11.6. The van der Waals surface area contributed by atoms with Gasteiger partial charge >= 0.3 is 7.12 Å². The van der Waals surface area contributed by atoms with Crippen molar-refractivity contribution in [1.82, 2.24) is 0 Å². The van der Waals surface area contributed by atoms with Crippen LogP contribution in [0.1, 0.15) is 60.8 Å². The molecule has 0 amide bonds. The minimum absolute atomic E-state index is 0.111. The number of hydrogen-bond acceptors (Lipinski definition) is 3. The lowest BCUT2D eigenvalue weighted by atomic mass is 9.59. The molecule has 0 aromatic rings. The molecule has 1 saturated heterocycles. The maximum Gasteiger partial charge on any atom is 0.461 e. The van der Waals surface area contributed by atoms with Crippen LogP contribution in [0.3, 0.4) is 0 Å². The third kappa shape index (κ3) is 2.75. The first-order chi connectivity index (χ1) is 8.64. The summed E-state index contributed by atoms with van der Waals surface area (Å²) in [4.78, 5) is 11.6. The summed E-state index contributed by atoms with van der Waals surface area (Å²) in [6.45, 7) is 12.3. The van der Waals surface area contributed by atoms with Crippen LogP contribution in [0, 0.1) is 11.8 Å². The van der Waals surface area contributed by atoms with Crippen LogP contribution in [-0.4, -0.2) is 24.1 Å². The largest absolute Gasteiger partial charge is 0.461 e. The average Bonchev–Trinajstić information content (AvgIpc) is 2.47. The fraction of sp³-hybridized carbons (Fsp3) is 0.933. The van der Waals surface area contributed by atoms with Crippen molar-refractivity contribution in [3.8, 4) is 0 Å². The average molecular weight is 266 g/mol. The lowest BCUT2D eigenvalue weighted by molar-refractivity contribution is -0.123. The van der Waals surface area contributed by atoms with E-state index in [0.29, 0.717) is 17.5 Å². The lowest BCUT2D eigenvalue weighted by Crippen LogP contribution is -2.41. The molecule has 0 aromatic heterocycles. The van der Waals surface area contributed by atoms with Crippen LogP contribution in [0.25, 0.3) is 0 Å². The molecule has 3 atom stereocenters. The molecule has 3 nitrogen and oxygen atoms in total. The Morgan fingerprint density at radius 2 is 1.63 bits per heavy atom. The molecule has 2 fully saturated rings. The van der Waals surface area contributed by atoms with Crippen molar-refractivity contribution >= 4 is 12.9 Å². The van der Waals surface area contributed by atoms with E-state index in [9.17, 15) is 4.79 Å². The van der Waals surface area contributed by atoms with E-state index >= 15 is 0 Å². The van der Waals surface area contributed by atoms with E-state index in [1.807, 2.05) is 0 Å². The highest BCUT2D eigenvalue weighted by molar-refractivity contribution is 6.47. The van der Waals surface area contributed by atoms with Gasteiger partial charge in [-0.25, -0.2) is 0 Å². The third-order valence-corrected chi connectivity index (χ3v) is 5.39. The van der Waals surface area contributed by atoms with Gasteiger partial charge in [0.2, 0.25) is 0 Å². The molecule has 1 saturated carbocycles. The minimum atomic E-state index is -0.252. The molecule has 4 heteroatoms. The fourth-order valence-electron chi connectivity index (χ4n) is 3.37. The normalized spacial score (nSPS) is 37.4. The van der Waals surface area contributed by atoms with Crippen molar-refractivity contribution < 1.29 is 14.1 Å². The van der Waals surface area contributed by atoms with E-state index < -0.39 is 0 Å². The van der Waals surface area contributed by atoms with Crippen LogP contribution in [0.4, 0.5) is 0 Å². The van der Waals surface area contributed by atoms with Crippen molar-refractivity contribution in [3.05, 3.63) is 0 Å². The Hall–Kier alpha value is -0.345. The summed E-state index contributed by atoms with van der Waals surface area (Å²) in [6, 6.07) is 0. The molecule has 0 bridgehead atoms. The summed E-state index contributed by atoms with van der Waals surface area (Å²) in [6.07, 6.45) is 3.04. The zero-order valence-corrected chi connectivity index (χ0v) is 13.2. The molecule has 1 aliphatic heterocycles. The molecule has 19 heavy (non-hydrogen) atoms. The van der Waals surface area contributed by atoms with Gasteiger partial charge in [-0.05, 0) is 59.2 Å². The van der Waals surface area contributed by atoms with Gasteiger partial charge < -0.3 is 9.31 Å². The van der Waals surface area contributed by atoms with Crippen molar-refractivity contribution in [3.63, 3.8) is 0 Å². The first-order valence-electron chi connectivity index (χ1n) is 7.50. The summed E-state index contributed by atoms with van der Waals surface area (Å²) < 4.78 is 12.3. The summed E-state index contributed by atoms with van der Waals surface area (Å²) >= 11 is 0. The second-order valence-electron chi connectivity index (χ2n) is 7.39. The topological polar surface area (TPSA) is 35.5 Å². The van der Waals surface area contributed by atoms with Gasteiger partial charge in [0.15, 0.2) is 0 Å². The molecule has 108 valence electrons. The van der Waals surface area contributed by atoms with Gasteiger partial charge in [0, 0.05) is 5.92 Å². The Balaban J connectivity index is 2.01. The number of carbonyl (C=O) groups excluding carboxylic acids is 1. The zero-order valence-electron chi connectivity index (χ0n) is 13.2.